The number of aromatic nitrogens is 5. The van der Waals surface area contributed by atoms with E-state index in [1.165, 1.54) is 12.8 Å². The van der Waals surface area contributed by atoms with Crippen molar-refractivity contribution in [3.63, 3.8) is 0 Å². The van der Waals surface area contributed by atoms with Crippen LogP contribution in [0.5, 0.6) is 11.5 Å². The van der Waals surface area contributed by atoms with E-state index in [1.807, 2.05) is 41.9 Å². The summed E-state index contributed by atoms with van der Waals surface area (Å²) < 4.78 is 13.6. The summed E-state index contributed by atoms with van der Waals surface area (Å²) in [7, 11) is 0. The van der Waals surface area contributed by atoms with Gasteiger partial charge in [0.05, 0.1) is 17.1 Å². The van der Waals surface area contributed by atoms with E-state index in [2.05, 4.69) is 15.1 Å². The van der Waals surface area contributed by atoms with Crippen molar-refractivity contribution in [1.29, 1.82) is 0 Å². The van der Waals surface area contributed by atoms with E-state index in [0.29, 0.717) is 23.2 Å². The van der Waals surface area contributed by atoms with Gasteiger partial charge < -0.3 is 9.26 Å². The molecule has 3 aromatic heterocycles. The maximum Gasteiger partial charge on any atom is 0.230 e. The normalized spacial score (nSPS) is 14.9. The number of para-hydroxylation sites is 1. The Balaban J connectivity index is 1.65. The van der Waals surface area contributed by atoms with Gasteiger partial charge in [0.15, 0.2) is 11.4 Å². The monoisotopic (exact) mass is 361 g/mol. The van der Waals surface area contributed by atoms with Gasteiger partial charge in [0.2, 0.25) is 5.76 Å². The SMILES string of the molecule is Cc1ncnc2c1c(-c1oncc1Oc1ccccc1)nn2C1CCCC1. The highest BCUT2D eigenvalue weighted by Crippen LogP contribution is 2.39. The first kappa shape index (κ1) is 16.0. The first-order valence-corrected chi connectivity index (χ1v) is 9.19. The minimum absolute atomic E-state index is 0.358. The minimum atomic E-state index is 0.358. The second-order valence-corrected chi connectivity index (χ2v) is 6.82. The van der Waals surface area contributed by atoms with Crippen LogP contribution in [0, 0.1) is 6.92 Å². The molecule has 0 spiro atoms. The quantitative estimate of drug-likeness (QED) is 0.524. The van der Waals surface area contributed by atoms with Crippen molar-refractivity contribution >= 4 is 11.0 Å². The Kier molecular flexibility index (Phi) is 3.85. The lowest BCUT2D eigenvalue weighted by molar-refractivity contribution is 0.419. The molecule has 0 saturated heterocycles. The van der Waals surface area contributed by atoms with E-state index in [-0.39, 0.29) is 0 Å². The van der Waals surface area contributed by atoms with Crippen molar-refractivity contribution < 1.29 is 9.26 Å². The Hall–Kier alpha value is -3.22. The van der Waals surface area contributed by atoms with Gasteiger partial charge in [-0.2, -0.15) is 5.10 Å². The smallest absolute Gasteiger partial charge is 0.230 e. The molecular formula is C20H19N5O2. The highest BCUT2D eigenvalue weighted by Gasteiger charge is 2.27. The van der Waals surface area contributed by atoms with Crippen molar-refractivity contribution in [3.8, 4) is 23.0 Å². The number of fused-ring (bicyclic) bond motifs is 1. The molecule has 0 bridgehead atoms. The van der Waals surface area contributed by atoms with Gasteiger partial charge in [-0.3, -0.25) is 0 Å². The second kappa shape index (κ2) is 6.50. The van der Waals surface area contributed by atoms with Gasteiger partial charge in [-0.1, -0.05) is 36.2 Å². The van der Waals surface area contributed by atoms with Crippen LogP contribution >= 0.6 is 0 Å². The zero-order valence-corrected chi connectivity index (χ0v) is 15.0. The topological polar surface area (TPSA) is 78.9 Å². The maximum absolute atomic E-state index is 5.98. The molecule has 1 fully saturated rings. The summed E-state index contributed by atoms with van der Waals surface area (Å²) in [6.07, 6.45) is 7.83. The van der Waals surface area contributed by atoms with E-state index in [1.54, 1.807) is 12.5 Å². The molecule has 0 radical (unpaired) electrons. The van der Waals surface area contributed by atoms with Crippen LogP contribution in [0.3, 0.4) is 0 Å². The van der Waals surface area contributed by atoms with Crippen LogP contribution in [0.25, 0.3) is 22.5 Å². The molecule has 0 N–H and O–H groups in total. The Labute approximate surface area is 156 Å². The summed E-state index contributed by atoms with van der Waals surface area (Å²) in [5.41, 5.74) is 2.38. The predicted molar refractivity (Wildman–Crippen MR) is 99.6 cm³/mol. The van der Waals surface area contributed by atoms with Gasteiger partial charge in [0, 0.05) is 0 Å². The lowest BCUT2D eigenvalue weighted by atomic mass is 10.2. The molecule has 5 rings (SSSR count). The van der Waals surface area contributed by atoms with Crippen LogP contribution < -0.4 is 4.74 Å². The first-order chi connectivity index (χ1) is 13.3. The number of rotatable bonds is 4. The summed E-state index contributed by atoms with van der Waals surface area (Å²) >= 11 is 0. The number of hydrogen-bond acceptors (Lipinski definition) is 6. The van der Waals surface area contributed by atoms with Crippen LogP contribution in [-0.2, 0) is 0 Å². The van der Waals surface area contributed by atoms with Crippen LogP contribution in [0.15, 0.2) is 47.4 Å². The molecule has 1 aromatic carbocycles. The lowest BCUT2D eigenvalue weighted by Crippen LogP contribution is -2.07. The summed E-state index contributed by atoms with van der Waals surface area (Å²) in [4.78, 5) is 8.88. The summed E-state index contributed by atoms with van der Waals surface area (Å²) in [6, 6.07) is 9.92. The fraction of sp³-hybridized carbons (Fsp3) is 0.300. The van der Waals surface area contributed by atoms with Gasteiger partial charge in [-0.05, 0) is 31.9 Å². The standard InChI is InChI=1S/C20H19N5O2/c1-13-17-18(19-16(11-23-27-19)26-15-9-3-2-4-10-15)24-25(14-7-5-6-8-14)20(17)22-12-21-13/h2-4,9-12,14H,5-8H2,1H3. The fourth-order valence-electron chi connectivity index (χ4n) is 3.76. The van der Waals surface area contributed by atoms with E-state index in [4.69, 9.17) is 14.4 Å². The average molecular weight is 361 g/mol. The van der Waals surface area contributed by atoms with Gasteiger partial charge in [-0.15, -0.1) is 0 Å². The van der Waals surface area contributed by atoms with Crippen molar-refractivity contribution in [2.24, 2.45) is 0 Å². The molecule has 1 aliphatic rings. The van der Waals surface area contributed by atoms with E-state index >= 15 is 0 Å². The molecule has 1 aliphatic carbocycles. The Morgan fingerprint density at radius 2 is 1.93 bits per heavy atom. The fourth-order valence-corrected chi connectivity index (χ4v) is 3.76. The van der Waals surface area contributed by atoms with E-state index in [9.17, 15) is 0 Å². The first-order valence-electron chi connectivity index (χ1n) is 9.19. The van der Waals surface area contributed by atoms with Crippen LogP contribution in [0.4, 0.5) is 0 Å². The van der Waals surface area contributed by atoms with Crippen LogP contribution in [-0.4, -0.2) is 24.9 Å². The van der Waals surface area contributed by atoms with Crippen molar-refractivity contribution in [2.75, 3.05) is 0 Å². The molecule has 1 saturated carbocycles. The maximum atomic E-state index is 5.98. The number of hydrogen-bond donors (Lipinski definition) is 0. The molecule has 0 atom stereocenters. The number of ether oxygens (including phenoxy) is 1. The average Bonchev–Trinajstić information content (AvgIpc) is 3.42. The molecular weight excluding hydrogens is 342 g/mol. The van der Waals surface area contributed by atoms with Crippen molar-refractivity contribution in [1.82, 2.24) is 24.9 Å². The van der Waals surface area contributed by atoms with Crippen molar-refractivity contribution in [3.05, 3.63) is 48.5 Å². The molecule has 4 aromatic rings. The summed E-state index contributed by atoms with van der Waals surface area (Å²) in [6.45, 7) is 1.96. The zero-order valence-electron chi connectivity index (χ0n) is 15.0. The molecule has 0 amide bonds. The third-order valence-corrected chi connectivity index (χ3v) is 5.07. The molecule has 27 heavy (non-hydrogen) atoms. The molecule has 136 valence electrons. The van der Waals surface area contributed by atoms with E-state index in [0.717, 1.165) is 35.3 Å². The third-order valence-electron chi connectivity index (χ3n) is 5.07. The lowest BCUT2D eigenvalue weighted by Gasteiger charge is -2.10. The highest BCUT2D eigenvalue weighted by atomic mass is 16.5. The second-order valence-electron chi connectivity index (χ2n) is 6.82. The third kappa shape index (κ3) is 2.75. The predicted octanol–water partition coefficient (Wildman–Crippen LogP) is 4.70. The number of nitrogens with zero attached hydrogens (tertiary/aromatic N) is 5. The summed E-state index contributed by atoms with van der Waals surface area (Å²) in [5.74, 6) is 1.75. The van der Waals surface area contributed by atoms with Crippen molar-refractivity contribution in [2.45, 2.75) is 38.6 Å². The molecule has 0 aliphatic heterocycles. The van der Waals surface area contributed by atoms with Gasteiger partial charge >= 0.3 is 0 Å². The number of benzene rings is 1. The van der Waals surface area contributed by atoms with Crippen LogP contribution in [0.2, 0.25) is 0 Å². The molecule has 7 nitrogen and oxygen atoms in total. The largest absolute Gasteiger partial charge is 0.451 e. The Morgan fingerprint density at radius 3 is 2.74 bits per heavy atom. The highest BCUT2D eigenvalue weighted by molar-refractivity contribution is 5.92. The molecule has 3 heterocycles. The minimum Gasteiger partial charge on any atom is -0.451 e. The van der Waals surface area contributed by atoms with Gasteiger partial charge in [-0.25, -0.2) is 14.6 Å². The number of aryl methyl sites for hydroxylation is 1. The molecule has 0 unspecified atom stereocenters. The Bertz CT molecular complexity index is 1080. The van der Waals surface area contributed by atoms with Gasteiger partial charge in [0.1, 0.15) is 24.0 Å². The zero-order chi connectivity index (χ0) is 18.2. The van der Waals surface area contributed by atoms with Crippen LogP contribution in [0.1, 0.15) is 37.4 Å². The molecule has 7 heteroatoms. The summed E-state index contributed by atoms with van der Waals surface area (Å²) in [5, 5.41) is 9.71. The van der Waals surface area contributed by atoms with E-state index < -0.39 is 0 Å². The Morgan fingerprint density at radius 1 is 1.11 bits per heavy atom. The van der Waals surface area contributed by atoms with Gasteiger partial charge in [0.25, 0.3) is 0 Å².